The number of ether oxygens (including phenoxy) is 1. The van der Waals surface area contributed by atoms with Gasteiger partial charge in [-0.15, -0.1) is 0 Å². The van der Waals surface area contributed by atoms with Gasteiger partial charge in [-0.2, -0.15) is 0 Å². The molecule has 38 heavy (non-hydrogen) atoms. The minimum Gasteiger partial charge on any atom is -0.494 e. The average Bonchev–Trinajstić information content (AvgIpc) is 2.96. The van der Waals surface area contributed by atoms with E-state index in [1.54, 1.807) is 0 Å². The van der Waals surface area contributed by atoms with Gasteiger partial charge in [0.25, 0.3) is 0 Å². The lowest BCUT2D eigenvalue weighted by Crippen LogP contribution is -2.15. The van der Waals surface area contributed by atoms with E-state index in [1.807, 2.05) is 12.4 Å². The van der Waals surface area contributed by atoms with Crippen molar-refractivity contribution in [3.63, 3.8) is 0 Å². The van der Waals surface area contributed by atoms with Crippen LogP contribution in [0.15, 0.2) is 36.7 Å². The van der Waals surface area contributed by atoms with Gasteiger partial charge in [0.2, 0.25) is 0 Å². The summed E-state index contributed by atoms with van der Waals surface area (Å²) in [6.45, 7) is 5.39. The molecule has 212 valence electrons. The first-order valence-corrected chi connectivity index (χ1v) is 16.3. The summed E-state index contributed by atoms with van der Waals surface area (Å²) in [5, 5.41) is 0. The number of unbranched alkanes of at least 4 members (excludes halogenated alkanes) is 10. The zero-order valence-corrected chi connectivity index (χ0v) is 24.8. The molecule has 0 spiro atoms. The van der Waals surface area contributed by atoms with Crippen molar-refractivity contribution in [1.82, 2.24) is 9.97 Å². The van der Waals surface area contributed by atoms with Crippen molar-refractivity contribution < 1.29 is 4.74 Å². The Hall–Kier alpha value is -1.90. The third-order valence-electron chi connectivity index (χ3n) is 8.59. The van der Waals surface area contributed by atoms with Crippen molar-refractivity contribution in [2.24, 2.45) is 11.8 Å². The summed E-state index contributed by atoms with van der Waals surface area (Å²) >= 11 is 0. The van der Waals surface area contributed by atoms with Crippen LogP contribution in [0.5, 0.6) is 5.75 Å². The molecule has 3 nitrogen and oxygen atoms in total. The smallest absolute Gasteiger partial charge is 0.159 e. The van der Waals surface area contributed by atoms with Gasteiger partial charge in [-0.1, -0.05) is 117 Å². The largest absolute Gasteiger partial charge is 0.494 e. The van der Waals surface area contributed by atoms with E-state index in [-0.39, 0.29) is 0 Å². The Bertz CT molecular complexity index is 824. The molecule has 1 heterocycles. The summed E-state index contributed by atoms with van der Waals surface area (Å²) in [5.41, 5.74) is 2.30. The fraction of sp³-hybridized carbons (Fsp3) is 0.714. The molecule has 1 aromatic carbocycles. The number of nitrogens with zero attached hydrogens (tertiary/aromatic N) is 2. The molecule has 0 atom stereocenters. The summed E-state index contributed by atoms with van der Waals surface area (Å²) in [6, 6.07) is 8.30. The van der Waals surface area contributed by atoms with Crippen molar-refractivity contribution >= 4 is 0 Å². The molecule has 0 aliphatic heterocycles. The van der Waals surface area contributed by atoms with Gasteiger partial charge in [0.15, 0.2) is 5.82 Å². The van der Waals surface area contributed by atoms with E-state index in [0.29, 0.717) is 0 Å². The van der Waals surface area contributed by atoms with Crippen LogP contribution >= 0.6 is 0 Å². The third kappa shape index (κ3) is 12.3. The van der Waals surface area contributed by atoms with E-state index in [1.165, 1.54) is 121 Å². The van der Waals surface area contributed by atoms with E-state index in [0.717, 1.165) is 48.4 Å². The second-order valence-corrected chi connectivity index (χ2v) is 11.9. The van der Waals surface area contributed by atoms with Gasteiger partial charge in [-0.3, -0.25) is 0 Å². The van der Waals surface area contributed by atoms with Gasteiger partial charge in [0, 0.05) is 18.0 Å². The van der Waals surface area contributed by atoms with Gasteiger partial charge in [0.05, 0.1) is 6.61 Å². The quantitative estimate of drug-likeness (QED) is 0.163. The predicted molar refractivity (Wildman–Crippen MR) is 163 cm³/mol. The molecule has 3 rings (SSSR count). The molecular weight excluding hydrogens is 464 g/mol. The molecular formula is C35H56N2O. The SMILES string of the molecule is CCCCCCCCc1cnc(-c2ccc(OCCC[C@H]3CC[C@H](CCCCCCCC)CC3)cc2)nc1. The van der Waals surface area contributed by atoms with Crippen LogP contribution in [0, 0.1) is 11.8 Å². The lowest BCUT2D eigenvalue weighted by atomic mass is 9.78. The number of hydrogen-bond acceptors (Lipinski definition) is 3. The molecule has 0 N–H and O–H groups in total. The average molecular weight is 521 g/mol. The van der Waals surface area contributed by atoms with Crippen LogP contribution < -0.4 is 4.74 Å². The lowest BCUT2D eigenvalue weighted by Gasteiger charge is -2.28. The number of benzene rings is 1. The first-order valence-electron chi connectivity index (χ1n) is 16.3. The fourth-order valence-corrected chi connectivity index (χ4v) is 6.03. The van der Waals surface area contributed by atoms with Crippen LogP contribution in [0.2, 0.25) is 0 Å². The van der Waals surface area contributed by atoms with Crippen LogP contribution in [-0.2, 0) is 6.42 Å². The first kappa shape index (κ1) is 30.6. The second kappa shape index (κ2) is 19.2. The molecule has 0 saturated heterocycles. The second-order valence-electron chi connectivity index (χ2n) is 11.9. The molecule has 1 aliphatic carbocycles. The normalized spacial score (nSPS) is 17.5. The van der Waals surface area contributed by atoms with Crippen LogP contribution in [0.3, 0.4) is 0 Å². The van der Waals surface area contributed by atoms with E-state index < -0.39 is 0 Å². The molecule has 0 bridgehead atoms. The van der Waals surface area contributed by atoms with Crippen molar-refractivity contribution in [3.05, 3.63) is 42.2 Å². The maximum Gasteiger partial charge on any atom is 0.159 e. The van der Waals surface area contributed by atoms with Crippen molar-refractivity contribution in [3.8, 4) is 17.1 Å². The number of hydrogen-bond donors (Lipinski definition) is 0. The molecule has 0 radical (unpaired) electrons. The van der Waals surface area contributed by atoms with Gasteiger partial charge >= 0.3 is 0 Å². The molecule has 1 aliphatic rings. The van der Waals surface area contributed by atoms with Crippen molar-refractivity contribution in [1.29, 1.82) is 0 Å². The molecule has 0 amide bonds. The van der Waals surface area contributed by atoms with E-state index in [9.17, 15) is 0 Å². The van der Waals surface area contributed by atoms with Crippen LogP contribution in [0.25, 0.3) is 11.4 Å². The standard InChI is InChI=1S/C35H56N2O/c1-3-5-7-9-11-13-16-30-19-21-31(22-20-30)18-15-27-38-34-25-23-33(24-26-34)35-36-28-32(29-37-35)17-14-12-10-8-6-4-2/h23-26,28-31H,3-22,27H2,1-2H3/t30-,31-. The maximum atomic E-state index is 6.06. The highest BCUT2D eigenvalue weighted by atomic mass is 16.5. The van der Waals surface area contributed by atoms with Crippen LogP contribution in [0.4, 0.5) is 0 Å². The summed E-state index contributed by atoms with van der Waals surface area (Å²) in [4.78, 5) is 9.24. The van der Waals surface area contributed by atoms with Crippen LogP contribution in [-0.4, -0.2) is 16.6 Å². The van der Waals surface area contributed by atoms with Gasteiger partial charge in [0.1, 0.15) is 5.75 Å². The van der Waals surface area contributed by atoms with Gasteiger partial charge < -0.3 is 4.74 Å². The molecule has 3 heteroatoms. The first-order chi connectivity index (χ1) is 18.8. The molecule has 1 saturated carbocycles. The Balaban J connectivity index is 1.25. The van der Waals surface area contributed by atoms with Crippen molar-refractivity contribution in [2.75, 3.05) is 6.61 Å². The molecule has 1 aromatic heterocycles. The maximum absolute atomic E-state index is 6.06. The summed E-state index contributed by atoms with van der Waals surface area (Å²) in [5.74, 6) is 3.68. The number of aryl methyl sites for hydroxylation is 1. The molecule has 2 aromatic rings. The Morgan fingerprint density at radius 3 is 1.76 bits per heavy atom. The monoisotopic (exact) mass is 520 g/mol. The fourth-order valence-electron chi connectivity index (χ4n) is 6.03. The topological polar surface area (TPSA) is 35.0 Å². The molecule has 1 fully saturated rings. The van der Waals surface area contributed by atoms with Gasteiger partial charge in [-0.05, 0) is 67.3 Å². The third-order valence-corrected chi connectivity index (χ3v) is 8.59. The summed E-state index contributed by atoms with van der Waals surface area (Å²) < 4.78 is 6.06. The van der Waals surface area contributed by atoms with Crippen molar-refractivity contribution in [2.45, 2.75) is 142 Å². The minimum atomic E-state index is 0.801. The highest BCUT2D eigenvalue weighted by Gasteiger charge is 2.20. The zero-order valence-electron chi connectivity index (χ0n) is 24.8. The zero-order chi connectivity index (χ0) is 26.7. The van der Waals surface area contributed by atoms with E-state index in [2.05, 4.69) is 48.1 Å². The Morgan fingerprint density at radius 2 is 1.16 bits per heavy atom. The highest BCUT2D eigenvalue weighted by molar-refractivity contribution is 5.55. The van der Waals surface area contributed by atoms with Gasteiger partial charge in [-0.25, -0.2) is 9.97 Å². The highest BCUT2D eigenvalue weighted by Crippen LogP contribution is 2.34. The predicted octanol–water partition coefficient (Wildman–Crippen LogP) is 10.8. The number of aromatic nitrogens is 2. The Kier molecular flexibility index (Phi) is 15.5. The molecule has 0 unspecified atom stereocenters. The van der Waals surface area contributed by atoms with E-state index in [4.69, 9.17) is 4.74 Å². The summed E-state index contributed by atoms with van der Waals surface area (Å²) in [6.07, 6.45) is 31.4. The summed E-state index contributed by atoms with van der Waals surface area (Å²) in [7, 11) is 0. The number of rotatable bonds is 20. The van der Waals surface area contributed by atoms with Crippen LogP contribution in [0.1, 0.15) is 141 Å². The minimum absolute atomic E-state index is 0.801. The van der Waals surface area contributed by atoms with E-state index >= 15 is 0 Å². The lowest BCUT2D eigenvalue weighted by molar-refractivity contribution is 0.228. The Morgan fingerprint density at radius 1 is 0.632 bits per heavy atom. The Labute approximate surface area is 234 Å².